The molecule has 0 saturated carbocycles. The molecule has 0 spiro atoms. The van der Waals surface area contributed by atoms with Gasteiger partial charge in [0.05, 0.1) is 5.56 Å². The lowest BCUT2D eigenvalue weighted by atomic mass is 9.88. The highest BCUT2D eigenvalue weighted by Gasteiger charge is 2.27. The van der Waals surface area contributed by atoms with E-state index in [1.165, 1.54) is 16.2 Å². The monoisotopic (exact) mass is 381 g/mol. The number of primary amides is 1. The van der Waals surface area contributed by atoms with Gasteiger partial charge in [-0.15, -0.1) is 11.3 Å². The van der Waals surface area contributed by atoms with Crippen molar-refractivity contribution in [3.05, 3.63) is 52.0 Å². The van der Waals surface area contributed by atoms with Gasteiger partial charge in [-0.25, -0.2) is 0 Å². The smallest absolute Gasteiger partial charge is 0.251 e. The Morgan fingerprint density at radius 2 is 2.15 bits per heavy atom. The summed E-state index contributed by atoms with van der Waals surface area (Å²) in [5.74, 6) is 0.0608. The molecule has 4 rings (SSSR count). The molecule has 0 bridgehead atoms. The van der Waals surface area contributed by atoms with Crippen LogP contribution in [0.1, 0.15) is 46.1 Å². The summed E-state index contributed by atoms with van der Waals surface area (Å²) in [7, 11) is 0. The first-order valence-corrected chi connectivity index (χ1v) is 10.1. The summed E-state index contributed by atoms with van der Waals surface area (Å²) in [5, 5.41) is 4.70. The summed E-state index contributed by atoms with van der Waals surface area (Å²) < 4.78 is 0. The van der Waals surface area contributed by atoms with Crippen molar-refractivity contribution in [2.24, 2.45) is 11.7 Å². The molecular formula is C21H23N3O2S. The molecule has 0 fully saturated rings. The van der Waals surface area contributed by atoms with Gasteiger partial charge in [0.2, 0.25) is 5.91 Å². The number of thiophene rings is 1. The van der Waals surface area contributed by atoms with Crippen LogP contribution in [-0.4, -0.2) is 16.8 Å². The van der Waals surface area contributed by atoms with Crippen LogP contribution >= 0.6 is 11.3 Å². The normalized spacial score (nSPS) is 16.3. The van der Waals surface area contributed by atoms with E-state index >= 15 is 0 Å². The van der Waals surface area contributed by atoms with Crippen LogP contribution in [0.3, 0.4) is 0 Å². The fourth-order valence-electron chi connectivity index (χ4n) is 3.88. The van der Waals surface area contributed by atoms with E-state index in [9.17, 15) is 9.59 Å². The molecule has 0 saturated heterocycles. The number of hydrogen-bond donors (Lipinski definition) is 3. The fourth-order valence-corrected chi connectivity index (χ4v) is 5.31. The highest BCUT2D eigenvalue weighted by Crippen LogP contribution is 2.39. The third-order valence-corrected chi connectivity index (χ3v) is 6.48. The number of carbonyl (C=O) groups is 2. The molecule has 2 aromatic heterocycles. The molecule has 2 amide bonds. The van der Waals surface area contributed by atoms with Gasteiger partial charge in [0.15, 0.2) is 0 Å². The maximum atomic E-state index is 12.5. The molecule has 0 unspecified atom stereocenters. The number of benzene rings is 1. The number of hydrogen-bond acceptors (Lipinski definition) is 3. The Balaban J connectivity index is 1.49. The van der Waals surface area contributed by atoms with Gasteiger partial charge in [0.1, 0.15) is 5.00 Å². The Bertz CT molecular complexity index is 1020. The highest BCUT2D eigenvalue weighted by molar-refractivity contribution is 7.17. The maximum Gasteiger partial charge on any atom is 0.251 e. The number of aromatic amines is 1. The van der Waals surface area contributed by atoms with Gasteiger partial charge >= 0.3 is 0 Å². The minimum absolute atomic E-state index is 0.0885. The minimum atomic E-state index is -0.450. The van der Waals surface area contributed by atoms with E-state index in [0.717, 1.165) is 41.3 Å². The van der Waals surface area contributed by atoms with E-state index in [0.29, 0.717) is 29.3 Å². The number of rotatable bonds is 5. The van der Waals surface area contributed by atoms with Crippen molar-refractivity contribution in [1.29, 1.82) is 0 Å². The van der Waals surface area contributed by atoms with Crippen LogP contribution in [0.25, 0.3) is 10.9 Å². The van der Waals surface area contributed by atoms with Crippen molar-refractivity contribution >= 4 is 39.1 Å². The van der Waals surface area contributed by atoms with Gasteiger partial charge in [0, 0.05) is 28.4 Å². The minimum Gasteiger partial charge on any atom is -0.365 e. The molecule has 0 radical (unpaired) electrons. The molecule has 1 aliphatic rings. The number of carbonyl (C=O) groups excluding carboxylic acids is 2. The third-order valence-electron chi connectivity index (χ3n) is 5.31. The number of amides is 2. The second kappa shape index (κ2) is 7.19. The van der Waals surface area contributed by atoms with Crippen molar-refractivity contribution in [1.82, 2.24) is 4.98 Å². The average molecular weight is 382 g/mol. The molecule has 5 nitrogen and oxygen atoms in total. The number of H-pyrrole nitrogens is 1. The van der Waals surface area contributed by atoms with Gasteiger partial charge in [-0.05, 0) is 48.8 Å². The van der Waals surface area contributed by atoms with Crippen LogP contribution in [0.5, 0.6) is 0 Å². The summed E-state index contributed by atoms with van der Waals surface area (Å²) in [6.07, 6.45) is 5.82. The first-order chi connectivity index (χ1) is 13.0. The second-order valence-corrected chi connectivity index (χ2v) is 8.43. The Labute approximate surface area is 162 Å². The van der Waals surface area contributed by atoms with E-state index in [1.54, 1.807) is 0 Å². The molecule has 1 atom stereocenters. The SMILES string of the molecule is C[C@H]1CCc2c(sc(NC(=O)CCc3c[nH]c4ccccc34)c2C(N)=O)C1. The van der Waals surface area contributed by atoms with Crippen molar-refractivity contribution in [3.63, 3.8) is 0 Å². The molecule has 3 aromatic rings. The predicted molar refractivity (Wildman–Crippen MR) is 109 cm³/mol. The van der Waals surface area contributed by atoms with Gasteiger partial charge in [0.25, 0.3) is 5.91 Å². The number of aryl methyl sites for hydroxylation is 1. The number of para-hydroxylation sites is 1. The van der Waals surface area contributed by atoms with E-state index < -0.39 is 5.91 Å². The Morgan fingerprint density at radius 3 is 2.96 bits per heavy atom. The number of nitrogens with one attached hydrogen (secondary N) is 2. The van der Waals surface area contributed by atoms with E-state index in [2.05, 4.69) is 23.3 Å². The fraction of sp³-hybridized carbons (Fsp3) is 0.333. The maximum absolute atomic E-state index is 12.5. The topological polar surface area (TPSA) is 88.0 Å². The molecule has 27 heavy (non-hydrogen) atoms. The van der Waals surface area contributed by atoms with Gasteiger partial charge in [-0.1, -0.05) is 25.1 Å². The molecule has 6 heteroatoms. The van der Waals surface area contributed by atoms with Gasteiger partial charge < -0.3 is 16.0 Å². The van der Waals surface area contributed by atoms with E-state index in [4.69, 9.17) is 5.73 Å². The molecular weight excluding hydrogens is 358 g/mol. The van der Waals surface area contributed by atoms with Crippen molar-refractivity contribution in [2.75, 3.05) is 5.32 Å². The van der Waals surface area contributed by atoms with Crippen LogP contribution in [-0.2, 0) is 24.1 Å². The van der Waals surface area contributed by atoms with Crippen LogP contribution in [0.15, 0.2) is 30.5 Å². The first kappa shape index (κ1) is 17.8. The molecule has 140 valence electrons. The number of fused-ring (bicyclic) bond motifs is 2. The number of aromatic nitrogens is 1. The standard InChI is InChI=1S/C21H23N3O2S/c1-12-6-8-15-17(10-12)27-21(19(15)20(22)26)24-18(25)9-7-13-11-23-16-5-3-2-4-14(13)16/h2-5,11-12,23H,6-10H2,1H3,(H2,22,26)(H,24,25)/t12-/m0/s1. The largest absolute Gasteiger partial charge is 0.365 e. The predicted octanol–water partition coefficient (Wildman–Crippen LogP) is 4.02. The zero-order valence-electron chi connectivity index (χ0n) is 15.3. The van der Waals surface area contributed by atoms with Crippen LogP contribution in [0, 0.1) is 5.92 Å². The van der Waals surface area contributed by atoms with Crippen molar-refractivity contribution in [2.45, 2.75) is 39.0 Å². The van der Waals surface area contributed by atoms with Crippen LogP contribution < -0.4 is 11.1 Å². The molecule has 2 heterocycles. The molecule has 1 aliphatic carbocycles. The highest BCUT2D eigenvalue weighted by atomic mass is 32.1. The molecule has 4 N–H and O–H groups in total. The van der Waals surface area contributed by atoms with Crippen molar-refractivity contribution in [3.8, 4) is 0 Å². The van der Waals surface area contributed by atoms with Gasteiger partial charge in [-0.3, -0.25) is 9.59 Å². The Morgan fingerprint density at radius 1 is 1.33 bits per heavy atom. The first-order valence-electron chi connectivity index (χ1n) is 9.32. The number of anilines is 1. The Kier molecular flexibility index (Phi) is 4.74. The third kappa shape index (κ3) is 3.49. The summed E-state index contributed by atoms with van der Waals surface area (Å²) in [5.41, 5.74) is 9.37. The van der Waals surface area contributed by atoms with E-state index in [-0.39, 0.29) is 5.91 Å². The lowest BCUT2D eigenvalue weighted by Crippen LogP contribution is -2.19. The average Bonchev–Trinajstić information content (AvgIpc) is 3.20. The summed E-state index contributed by atoms with van der Waals surface area (Å²) in [6, 6.07) is 8.06. The van der Waals surface area contributed by atoms with Crippen LogP contribution in [0.2, 0.25) is 0 Å². The Hall–Kier alpha value is -2.60. The molecule has 0 aliphatic heterocycles. The lowest BCUT2D eigenvalue weighted by molar-refractivity contribution is -0.116. The summed E-state index contributed by atoms with van der Waals surface area (Å²) in [4.78, 5) is 28.9. The van der Waals surface area contributed by atoms with Gasteiger partial charge in [-0.2, -0.15) is 0 Å². The van der Waals surface area contributed by atoms with E-state index in [1.807, 2.05) is 24.4 Å². The zero-order chi connectivity index (χ0) is 19.0. The quantitative estimate of drug-likeness (QED) is 0.623. The van der Waals surface area contributed by atoms with Crippen LogP contribution in [0.4, 0.5) is 5.00 Å². The summed E-state index contributed by atoms with van der Waals surface area (Å²) >= 11 is 1.51. The summed E-state index contributed by atoms with van der Waals surface area (Å²) in [6.45, 7) is 2.21. The zero-order valence-corrected chi connectivity index (χ0v) is 16.1. The second-order valence-electron chi connectivity index (χ2n) is 7.33. The lowest BCUT2D eigenvalue weighted by Gasteiger charge is -2.18. The number of nitrogens with two attached hydrogens (primary N) is 1. The molecule has 1 aromatic carbocycles. The van der Waals surface area contributed by atoms with Crippen molar-refractivity contribution < 1.29 is 9.59 Å².